The van der Waals surface area contributed by atoms with Crippen LogP contribution in [0.5, 0.6) is 0 Å². The molecule has 0 aromatic carbocycles. The van der Waals surface area contributed by atoms with Gasteiger partial charge in [0.25, 0.3) is 10.0 Å². The molecule has 2 N–H and O–H groups in total. The zero-order valence-electron chi connectivity index (χ0n) is 9.06. The van der Waals surface area contributed by atoms with Crippen LogP contribution in [0.4, 0.5) is 0 Å². The van der Waals surface area contributed by atoms with Crippen molar-refractivity contribution in [2.24, 2.45) is 0 Å². The summed E-state index contributed by atoms with van der Waals surface area (Å²) in [7, 11) is -3.42. The summed E-state index contributed by atoms with van der Waals surface area (Å²) in [4.78, 5) is 6.64. The fraction of sp³-hybridized carbons (Fsp3) is 0.667. The first kappa shape index (κ1) is 11.9. The third-order valence-corrected chi connectivity index (χ3v) is 4.99. The second-order valence-electron chi connectivity index (χ2n) is 3.84. The number of thioether (sulfide) groups is 1. The summed E-state index contributed by atoms with van der Waals surface area (Å²) >= 11 is 1.87. The highest BCUT2D eigenvalue weighted by Crippen LogP contribution is 2.18. The lowest BCUT2D eigenvalue weighted by molar-refractivity contribution is 0.526. The summed E-state index contributed by atoms with van der Waals surface area (Å²) < 4.78 is 26.6. The number of sulfonamides is 1. The van der Waals surface area contributed by atoms with Crippen LogP contribution in [0.2, 0.25) is 0 Å². The minimum atomic E-state index is -3.42. The van der Waals surface area contributed by atoms with Gasteiger partial charge in [0.05, 0.1) is 6.20 Å². The standard InChI is InChI=1S/C9H15N3O2S2/c1-7-10-6-9(11-7)16(13,14)12-8-2-4-15-5-3-8/h6,8,12H,2-5H2,1H3,(H,10,11). The Hall–Kier alpha value is -0.530. The van der Waals surface area contributed by atoms with E-state index >= 15 is 0 Å². The van der Waals surface area contributed by atoms with E-state index in [9.17, 15) is 8.42 Å². The molecule has 0 atom stereocenters. The maximum atomic E-state index is 11.9. The van der Waals surface area contributed by atoms with Crippen molar-refractivity contribution < 1.29 is 8.42 Å². The highest BCUT2D eigenvalue weighted by atomic mass is 32.2. The number of aryl methyl sites for hydroxylation is 1. The zero-order chi connectivity index (χ0) is 11.6. The number of hydrogen-bond donors (Lipinski definition) is 2. The normalized spacial score (nSPS) is 18.8. The van der Waals surface area contributed by atoms with Crippen molar-refractivity contribution in [3.05, 3.63) is 12.0 Å². The van der Waals surface area contributed by atoms with Gasteiger partial charge in [-0.15, -0.1) is 0 Å². The number of H-pyrrole nitrogens is 1. The number of imidazole rings is 1. The molecule has 2 rings (SSSR count). The van der Waals surface area contributed by atoms with Crippen LogP contribution >= 0.6 is 11.8 Å². The molecule has 1 fully saturated rings. The van der Waals surface area contributed by atoms with Gasteiger partial charge in [-0.05, 0) is 31.3 Å². The number of rotatable bonds is 3. The molecule has 90 valence electrons. The van der Waals surface area contributed by atoms with Crippen molar-refractivity contribution in [1.82, 2.24) is 14.7 Å². The smallest absolute Gasteiger partial charge is 0.257 e. The second-order valence-corrected chi connectivity index (χ2v) is 6.75. The topological polar surface area (TPSA) is 74.8 Å². The van der Waals surface area contributed by atoms with Crippen LogP contribution in [0.1, 0.15) is 18.7 Å². The molecule has 2 heterocycles. The predicted molar refractivity (Wildman–Crippen MR) is 64.0 cm³/mol. The van der Waals surface area contributed by atoms with Crippen LogP contribution < -0.4 is 4.72 Å². The van der Waals surface area contributed by atoms with Crippen LogP contribution in [0.15, 0.2) is 11.2 Å². The molecular formula is C9H15N3O2S2. The Bertz CT molecular complexity index is 449. The molecule has 7 heteroatoms. The molecule has 0 unspecified atom stereocenters. The lowest BCUT2D eigenvalue weighted by Crippen LogP contribution is -2.37. The Morgan fingerprint density at radius 2 is 2.19 bits per heavy atom. The van der Waals surface area contributed by atoms with Crippen LogP contribution in [-0.2, 0) is 10.0 Å². The fourth-order valence-corrected chi connectivity index (χ4v) is 4.01. The van der Waals surface area contributed by atoms with E-state index in [1.165, 1.54) is 6.20 Å². The largest absolute Gasteiger partial charge is 0.332 e. The minimum Gasteiger partial charge on any atom is -0.332 e. The lowest BCUT2D eigenvalue weighted by Gasteiger charge is -2.21. The summed E-state index contributed by atoms with van der Waals surface area (Å²) in [5.74, 6) is 2.66. The molecule has 1 aromatic heterocycles. The highest BCUT2D eigenvalue weighted by molar-refractivity contribution is 7.99. The summed E-state index contributed by atoms with van der Waals surface area (Å²) in [6.45, 7) is 1.73. The van der Waals surface area contributed by atoms with E-state index in [1.54, 1.807) is 6.92 Å². The van der Waals surface area contributed by atoms with E-state index in [4.69, 9.17) is 0 Å². The monoisotopic (exact) mass is 261 g/mol. The molecular weight excluding hydrogens is 246 g/mol. The number of aromatic nitrogens is 2. The Morgan fingerprint density at radius 3 is 2.75 bits per heavy atom. The van der Waals surface area contributed by atoms with Gasteiger partial charge in [0, 0.05) is 6.04 Å². The van der Waals surface area contributed by atoms with Crippen molar-refractivity contribution in [2.75, 3.05) is 11.5 Å². The molecule has 1 aliphatic rings. The van der Waals surface area contributed by atoms with Gasteiger partial charge in [-0.25, -0.2) is 18.1 Å². The minimum absolute atomic E-state index is 0.0647. The average Bonchev–Trinajstić information content (AvgIpc) is 2.66. The first-order valence-corrected chi connectivity index (χ1v) is 7.83. The highest BCUT2D eigenvalue weighted by Gasteiger charge is 2.23. The summed E-state index contributed by atoms with van der Waals surface area (Å²) in [6.07, 6.45) is 3.16. The summed E-state index contributed by atoms with van der Waals surface area (Å²) in [5, 5.41) is 0.156. The number of hydrogen-bond acceptors (Lipinski definition) is 4. The molecule has 1 aromatic rings. The third-order valence-electron chi connectivity index (χ3n) is 2.51. The molecule has 0 saturated carbocycles. The quantitative estimate of drug-likeness (QED) is 0.847. The van der Waals surface area contributed by atoms with Crippen LogP contribution in [0.25, 0.3) is 0 Å². The van der Waals surface area contributed by atoms with Gasteiger partial charge in [0.15, 0.2) is 5.03 Å². The van der Waals surface area contributed by atoms with Crippen molar-refractivity contribution >= 4 is 21.8 Å². The Balaban J connectivity index is 2.07. The molecule has 0 spiro atoms. The summed E-state index contributed by atoms with van der Waals surface area (Å²) in [6, 6.07) is 0.0647. The van der Waals surface area contributed by atoms with E-state index in [2.05, 4.69) is 14.7 Å². The predicted octanol–water partition coefficient (Wildman–Crippen LogP) is 0.892. The van der Waals surface area contributed by atoms with Crippen molar-refractivity contribution in [1.29, 1.82) is 0 Å². The average molecular weight is 261 g/mol. The lowest BCUT2D eigenvalue weighted by atomic mass is 10.2. The SMILES string of the molecule is Cc1ncc(S(=O)(=O)NC2CCSCC2)[nH]1. The zero-order valence-corrected chi connectivity index (χ0v) is 10.7. The van der Waals surface area contributed by atoms with E-state index in [0.29, 0.717) is 5.82 Å². The number of nitrogens with zero attached hydrogens (tertiary/aromatic N) is 1. The van der Waals surface area contributed by atoms with Crippen molar-refractivity contribution in [2.45, 2.75) is 30.8 Å². The third kappa shape index (κ3) is 2.78. The Labute approximate surface area is 99.5 Å². The molecule has 0 aliphatic carbocycles. The molecule has 16 heavy (non-hydrogen) atoms. The second kappa shape index (κ2) is 4.77. The number of nitrogens with one attached hydrogen (secondary N) is 2. The van der Waals surface area contributed by atoms with E-state index < -0.39 is 10.0 Å². The van der Waals surface area contributed by atoms with Gasteiger partial charge < -0.3 is 4.98 Å². The Morgan fingerprint density at radius 1 is 1.50 bits per heavy atom. The van der Waals surface area contributed by atoms with Crippen LogP contribution in [-0.4, -0.2) is 35.9 Å². The van der Waals surface area contributed by atoms with E-state index in [0.717, 1.165) is 24.3 Å². The maximum Gasteiger partial charge on any atom is 0.257 e. The van der Waals surface area contributed by atoms with Gasteiger partial charge in [-0.1, -0.05) is 0 Å². The van der Waals surface area contributed by atoms with Gasteiger partial charge >= 0.3 is 0 Å². The van der Waals surface area contributed by atoms with Gasteiger partial charge in [-0.2, -0.15) is 11.8 Å². The van der Waals surface area contributed by atoms with Crippen LogP contribution in [0.3, 0.4) is 0 Å². The molecule has 1 aliphatic heterocycles. The van der Waals surface area contributed by atoms with Gasteiger partial charge in [0.1, 0.15) is 5.82 Å². The van der Waals surface area contributed by atoms with Crippen LogP contribution in [0, 0.1) is 6.92 Å². The van der Waals surface area contributed by atoms with E-state index in [-0.39, 0.29) is 11.1 Å². The van der Waals surface area contributed by atoms with Gasteiger partial charge in [-0.3, -0.25) is 0 Å². The molecule has 0 radical (unpaired) electrons. The van der Waals surface area contributed by atoms with Crippen molar-refractivity contribution in [3.63, 3.8) is 0 Å². The van der Waals surface area contributed by atoms with Crippen molar-refractivity contribution in [3.8, 4) is 0 Å². The Kier molecular flexibility index (Phi) is 3.56. The number of aromatic amines is 1. The fourth-order valence-electron chi connectivity index (χ4n) is 1.63. The molecule has 0 amide bonds. The summed E-state index contributed by atoms with van der Waals surface area (Å²) in [5.41, 5.74) is 0. The van der Waals surface area contributed by atoms with E-state index in [1.807, 2.05) is 11.8 Å². The molecule has 1 saturated heterocycles. The maximum absolute atomic E-state index is 11.9. The molecule has 0 bridgehead atoms. The first-order valence-electron chi connectivity index (χ1n) is 5.19. The molecule has 5 nitrogen and oxygen atoms in total. The first-order chi connectivity index (χ1) is 7.58. The van der Waals surface area contributed by atoms with Gasteiger partial charge in [0.2, 0.25) is 0 Å².